The number of hydrogen-bond acceptors (Lipinski definition) is 2. The summed E-state index contributed by atoms with van der Waals surface area (Å²) in [4.78, 5) is 1.50. The van der Waals surface area contributed by atoms with Gasteiger partial charge in [0.15, 0.2) is 0 Å². The number of benzene rings is 6. The van der Waals surface area contributed by atoms with Gasteiger partial charge in [-0.05, 0) is 123 Å². The zero-order chi connectivity index (χ0) is 33.3. The lowest BCUT2D eigenvalue weighted by Gasteiger charge is -2.20. The third-order valence-electron chi connectivity index (χ3n) is 10.9. The van der Waals surface area contributed by atoms with Gasteiger partial charge in [0.25, 0.3) is 0 Å². The largest absolute Gasteiger partial charge is 0.135 e. The average Bonchev–Trinajstić information content (AvgIpc) is 3.68. The predicted octanol–water partition coefficient (Wildman–Crippen LogP) is 14.2. The lowest BCUT2D eigenvalue weighted by Crippen LogP contribution is -2.13. The Morgan fingerprint density at radius 3 is 2.00 bits per heavy atom. The van der Waals surface area contributed by atoms with Crippen LogP contribution in [0.4, 0.5) is 0 Å². The van der Waals surface area contributed by atoms with Crippen LogP contribution < -0.4 is 0 Å². The van der Waals surface area contributed by atoms with E-state index >= 15 is 0 Å². The Morgan fingerprint density at radius 1 is 0.600 bits per heavy atom. The molecule has 240 valence electrons. The van der Waals surface area contributed by atoms with Crippen molar-refractivity contribution in [2.24, 2.45) is 5.92 Å². The second kappa shape index (κ2) is 11.9. The molecule has 0 N–H and O–H groups in total. The fourth-order valence-electron chi connectivity index (χ4n) is 8.33. The first-order chi connectivity index (χ1) is 24.6. The summed E-state index contributed by atoms with van der Waals surface area (Å²) in [5, 5.41) is 11.1. The molecular weight excluding hydrogens is 641 g/mol. The summed E-state index contributed by atoms with van der Waals surface area (Å²) in [5.74, 6) is 0.576. The summed E-state index contributed by atoms with van der Waals surface area (Å²) < 4.78 is 2.70. The second-order valence-electron chi connectivity index (χ2n) is 14.1. The van der Waals surface area contributed by atoms with Gasteiger partial charge in [-0.1, -0.05) is 121 Å². The minimum atomic E-state index is 0.566. The Balaban J connectivity index is 1.04. The molecule has 0 amide bonds. The zero-order valence-corrected chi connectivity index (χ0v) is 29.9. The van der Waals surface area contributed by atoms with E-state index in [0.717, 1.165) is 12.8 Å². The molecule has 1 aromatic heterocycles. The van der Waals surface area contributed by atoms with E-state index in [4.69, 9.17) is 0 Å². The van der Waals surface area contributed by atoms with Crippen LogP contribution in [0.25, 0.3) is 70.7 Å². The van der Waals surface area contributed by atoms with Gasteiger partial charge >= 0.3 is 0 Å². The van der Waals surface area contributed by atoms with Crippen LogP contribution in [0, 0.1) is 12.8 Å². The van der Waals surface area contributed by atoms with Crippen molar-refractivity contribution in [2.75, 3.05) is 0 Å². The maximum Gasteiger partial charge on any atom is 0.0380 e. The van der Waals surface area contributed by atoms with Crippen LogP contribution >= 0.6 is 23.1 Å². The molecule has 2 heteroatoms. The monoisotopic (exact) mass is 676 g/mol. The maximum atomic E-state index is 2.46. The van der Waals surface area contributed by atoms with E-state index in [9.17, 15) is 0 Å². The SMILES string of the molecule is CC1=CC2SC3=C(CCC(/C=C/c4cc5c6ccccc6c(/C=C/c6ccc7c(c6)sc6cc(C)ccc67)cc5c5ccccc45)=C3)C2C=C1. The van der Waals surface area contributed by atoms with E-state index in [1.54, 1.807) is 5.57 Å². The van der Waals surface area contributed by atoms with Gasteiger partial charge in [-0.15, -0.1) is 23.1 Å². The topological polar surface area (TPSA) is 0 Å². The smallest absolute Gasteiger partial charge is 0.0380 e. The van der Waals surface area contributed by atoms with Crippen molar-refractivity contribution < 1.29 is 0 Å². The molecule has 2 unspecified atom stereocenters. The third-order valence-corrected chi connectivity index (χ3v) is 13.3. The Kier molecular flexibility index (Phi) is 7.12. The molecular formula is C48H36S2. The Labute approximate surface area is 301 Å². The number of fused-ring (bicyclic) bond motifs is 10. The van der Waals surface area contributed by atoms with Crippen LogP contribution in [-0.2, 0) is 0 Å². The predicted molar refractivity (Wildman–Crippen MR) is 223 cm³/mol. The summed E-state index contributed by atoms with van der Waals surface area (Å²) >= 11 is 3.94. The highest BCUT2D eigenvalue weighted by molar-refractivity contribution is 8.04. The molecule has 7 aromatic rings. The van der Waals surface area contributed by atoms with Gasteiger partial charge in [0.2, 0.25) is 0 Å². The summed E-state index contributed by atoms with van der Waals surface area (Å²) in [7, 11) is 0. The lowest BCUT2D eigenvalue weighted by atomic mass is 9.84. The van der Waals surface area contributed by atoms with Gasteiger partial charge in [-0.2, -0.15) is 0 Å². The van der Waals surface area contributed by atoms with E-state index in [0.29, 0.717) is 11.2 Å². The summed E-state index contributed by atoms with van der Waals surface area (Å²) in [5.41, 5.74) is 9.53. The van der Waals surface area contributed by atoms with E-state index in [2.05, 4.69) is 171 Å². The standard InChI is InChI=1S/C48H36S2/c1-29-11-19-39-41-21-15-31(25-47(41)49-45(39)23-29)13-17-33-27-43-38-10-6-4-8-36(38)34(28-44(43)37-9-5-3-7-35(33)37)18-14-32-16-22-42-40-20-12-30(2)24-46(40)50-48(42)26-32/h3-15,17-21,23-28,40,46H,16,22H2,1-2H3/b17-13+,18-14+. The summed E-state index contributed by atoms with van der Waals surface area (Å²) in [6, 6.07) is 36.4. The highest BCUT2D eigenvalue weighted by atomic mass is 32.2. The molecule has 0 nitrogen and oxygen atoms in total. The molecule has 0 saturated heterocycles. The van der Waals surface area contributed by atoms with E-state index < -0.39 is 0 Å². The average molecular weight is 677 g/mol. The first-order valence-corrected chi connectivity index (χ1v) is 19.4. The van der Waals surface area contributed by atoms with Gasteiger partial charge in [-0.3, -0.25) is 0 Å². The number of allylic oxidation sites excluding steroid dienone is 7. The highest BCUT2D eigenvalue weighted by Gasteiger charge is 2.34. The van der Waals surface area contributed by atoms with E-state index in [1.165, 1.54) is 90.8 Å². The fourth-order valence-corrected chi connectivity index (χ4v) is 11.2. The Bertz CT molecular complexity index is 2760. The van der Waals surface area contributed by atoms with Crippen molar-refractivity contribution in [3.8, 4) is 0 Å². The van der Waals surface area contributed by atoms with Crippen LogP contribution in [0.15, 0.2) is 149 Å². The fraction of sp³-hybridized carbons (Fsp3) is 0.125. The molecule has 0 spiro atoms. The molecule has 2 atom stereocenters. The molecule has 2 aliphatic carbocycles. The number of thiophene rings is 1. The molecule has 1 aliphatic heterocycles. The van der Waals surface area contributed by atoms with Gasteiger partial charge in [0.1, 0.15) is 0 Å². The van der Waals surface area contributed by atoms with Crippen molar-refractivity contribution in [3.63, 3.8) is 0 Å². The number of thioether (sulfide) groups is 1. The molecule has 10 rings (SSSR count). The normalized spacial score (nSPS) is 19.1. The van der Waals surface area contributed by atoms with Crippen molar-refractivity contribution in [3.05, 3.63) is 171 Å². The second-order valence-corrected chi connectivity index (χ2v) is 16.4. The molecule has 0 fully saturated rings. The number of hydrogen-bond donors (Lipinski definition) is 0. The molecule has 3 aliphatic rings. The third kappa shape index (κ3) is 5.04. The minimum Gasteiger partial charge on any atom is -0.135 e. The van der Waals surface area contributed by atoms with Crippen LogP contribution in [-0.4, -0.2) is 5.25 Å². The van der Waals surface area contributed by atoms with Gasteiger partial charge in [0, 0.05) is 36.2 Å². The van der Waals surface area contributed by atoms with E-state index in [1.807, 2.05) is 11.3 Å². The van der Waals surface area contributed by atoms with Crippen molar-refractivity contribution in [2.45, 2.75) is 31.9 Å². The Morgan fingerprint density at radius 2 is 1.26 bits per heavy atom. The molecule has 2 heterocycles. The summed E-state index contributed by atoms with van der Waals surface area (Å²) in [6.07, 6.45) is 21.3. The van der Waals surface area contributed by atoms with Gasteiger partial charge in [0.05, 0.1) is 0 Å². The van der Waals surface area contributed by atoms with Crippen LogP contribution in [0.1, 0.15) is 42.0 Å². The zero-order valence-electron chi connectivity index (χ0n) is 28.2. The van der Waals surface area contributed by atoms with Crippen LogP contribution in [0.2, 0.25) is 0 Å². The number of aryl methyl sites for hydroxylation is 1. The minimum absolute atomic E-state index is 0.566. The van der Waals surface area contributed by atoms with Crippen LogP contribution in [0.5, 0.6) is 0 Å². The molecule has 0 radical (unpaired) electrons. The molecule has 0 bridgehead atoms. The van der Waals surface area contributed by atoms with Gasteiger partial charge in [-0.25, -0.2) is 0 Å². The first kappa shape index (κ1) is 30.0. The quantitative estimate of drug-likeness (QED) is 0.132. The highest BCUT2D eigenvalue weighted by Crippen LogP contribution is 2.50. The van der Waals surface area contributed by atoms with Crippen molar-refractivity contribution in [1.82, 2.24) is 0 Å². The van der Waals surface area contributed by atoms with Crippen molar-refractivity contribution in [1.29, 1.82) is 0 Å². The van der Waals surface area contributed by atoms with Gasteiger partial charge < -0.3 is 0 Å². The van der Waals surface area contributed by atoms with E-state index in [-0.39, 0.29) is 0 Å². The first-order valence-electron chi connectivity index (χ1n) is 17.7. The molecule has 50 heavy (non-hydrogen) atoms. The van der Waals surface area contributed by atoms with Crippen molar-refractivity contribution >= 4 is 93.8 Å². The molecule has 6 aromatic carbocycles. The lowest BCUT2D eigenvalue weighted by molar-refractivity contribution is 0.727. The maximum absolute atomic E-state index is 2.46. The van der Waals surface area contributed by atoms with Crippen LogP contribution in [0.3, 0.4) is 0 Å². The summed E-state index contributed by atoms with van der Waals surface area (Å²) in [6.45, 7) is 4.39. The number of rotatable bonds is 4. The molecule has 0 saturated carbocycles. The Hall–Kier alpha value is -4.89.